The van der Waals surface area contributed by atoms with E-state index in [4.69, 9.17) is 4.52 Å². The first-order chi connectivity index (χ1) is 10.4. The molecule has 3 aromatic heterocycles. The summed E-state index contributed by atoms with van der Waals surface area (Å²) in [5.41, 5.74) is 0.794. The van der Waals surface area contributed by atoms with Crippen LogP contribution in [0, 0.1) is 0 Å². The van der Waals surface area contributed by atoms with Gasteiger partial charge < -0.3 is 19.6 Å². The summed E-state index contributed by atoms with van der Waals surface area (Å²) in [5, 5.41) is 10.1. The van der Waals surface area contributed by atoms with E-state index in [1.807, 2.05) is 16.8 Å². The Hall–Kier alpha value is -2.64. The van der Waals surface area contributed by atoms with Crippen molar-refractivity contribution < 1.29 is 4.52 Å². The van der Waals surface area contributed by atoms with Gasteiger partial charge in [0.1, 0.15) is 5.82 Å². The molecule has 21 heavy (non-hydrogen) atoms. The zero-order valence-corrected chi connectivity index (χ0v) is 11.8. The van der Waals surface area contributed by atoms with Crippen LogP contribution in [-0.2, 0) is 6.42 Å². The SMILES string of the molecule is CCCNc1cn2ccnc2c(NCCc2ncno2)n1. The Morgan fingerprint density at radius 3 is 3.00 bits per heavy atom. The van der Waals surface area contributed by atoms with Gasteiger partial charge in [-0.2, -0.15) is 4.98 Å². The molecule has 2 N–H and O–H groups in total. The van der Waals surface area contributed by atoms with Crippen LogP contribution in [0.5, 0.6) is 0 Å². The molecule has 8 heteroatoms. The highest BCUT2D eigenvalue weighted by Crippen LogP contribution is 2.16. The van der Waals surface area contributed by atoms with E-state index in [0.29, 0.717) is 18.9 Å². The van der Waals surface area contributed by atoms with Gasteiger partial charge in [0.15, 0.2) is 17.8 Å². The van der Waals surface area contributed by atoms with Crippen LogP contribution in [0.1, 0.15) is 19.2 Å². The van der Waals surface area contributed by atoms with Crippen molar-refractivity contribution in [3.63, 3.8) is 0 Å². The zero-order valence-electron chi connectivity index (χ0n) is 11.8. The average molecular weight is 287 g/mol. The number of imidazole rings is 1. The first-order valence-electron chi connectivity index (χ1n) is 6.94. The molecule has 0 amide bonds. The zero-order chi connectivity index (χ0) is 14.5. The molecule has 0 aliphatic carbocycles. The molecule has 0 unspecified atom stereocenters. The van der Waals surface area contributed by atoms with E-state index in [-0.39, 0.29) is 0 Å². The molecule has 0 aliphatic rings. The van der Waals surface area contributed by atoms with Crippen LogP contribution >= 0.6 is 0 Å². The molecule has 3 rings (SSSR count). The third-order valence-corrected chi connectivity index (χ3v) is 2.97. The third-order valence-electron chi connectivity index (χ3n) is 2.97. The van der Waals surface area contributed by atoms with Gasteiger partial charge in [0.25, 0.3) is 0 Å². The van der Waals surface area contributed by atoms with Gasteiger partial charge in [-0.05, 0) is 6.42 Å². The number of anilines is 2. The molecule has 3 heterocycles. The Morgan fingerprint density at radius 1 is 1.24 bits per heavy atom. The van der Waals surface area contributed by atoms with Crippen molar-refractivity contribution in [2.24, 2.45) is 0 Å². The van der Waals surface area contributed by atoms with Crippen LogP contribution in [0.25, 0.3) is 5.65 Å². The monoisotopic (exact) mass is 287 g/mol. The molecule has 110 valence electrons. The molecule has 0 spiro atoms. The summed E-state index contributed by atoms with van der Waals surface area (Å²) in [6.07, 6.45) is 8.67. The minimum absolute atomic E-state index is 0.599. The highest BCUT2D eigenvalue weighted by atomic mass is 16.5. The summed E-state index contributed by atoms with van der Waals surface area (Å²) in [6, 6.07) is 0. The smallest absolute Gasteiger partial charge is 0.228 e. The topological polar surface area (TPSA) is 93.2 Å². The summed E-state index contributed by atoms with van der Waals surface area (Å²) >= 11 is 0. The average Bonchev–Trinajstić information content (AvgIpc) is 3.15. The Bertz CT molecular complexity index is 692. The predicted molar refractivity (Wildman–Crippen MR) is 78.3 cm³/mol. The van der Waals surface area contributed by atoms with Gasteiger partial charge in [-0.3, -0.25) is 0 Å². The second kappa shape index (κ2) is 6.21. The minimum Gasteiger partial charge on any atom is -0.369 e. The van der Waals surface area contributed by atoms with Crippen LogP contribution in [0.15, 0.2) is 29.4 Å². The molecule has 0 fully saturated rings. The largest absolute Gasteiger partial charge is 0.369 e. The molecule has 0 saturated heterocycles. The predicted octanol–water partition coefficient (Wildman–Crippen LogP) is 1.59. The molecule has 0 aromatic carbocycles. The van der Waals surface area contributed by atoms with E-state index in [9.17, 15) is 0 Å². The van der Waals surface area contributed by atoms with Crippen molar-refractivity contribution in [3.8, 4) is 0 Å². The standard InChI is InChI=1S/C13H17N7O/c1-2-4-14-10-8-20-7-6-16-13(20)12(19-10)15-5-3-11-17-9-18-21-11/h6-9,14H,2-5H2,1H3,(H,15,19). The van der Waals surface area contributed by atoms with Gasteiger partial charge in [0.2, 0.25) is 5.89 Å². The molecule has 0 bridgehead atoms. The van der Waals surface area contributed by atoms with Gasteiger partial charge in [0.05, 0.1) is 6.20 Å². The molecule has 0 aliphatic heterocycles. The van der Waals surface area contributed by atoms with Crippen LogP contribution in [0.2, 0.25) is 0 Å². The summed E-state index contributed by atoms with van der Waals surface area (Å²) in [4.78, 5) is 12.9. The lowest BCUT2D eigenvalue weighted by molar-refractivity contribution is 0.379. The van der Waals surface area contributed by atoms with E-state index < -0.39 is 0 Å². The Labute approximate surface area is 121 Å². The van der Waals surface area contributed by atoms with Crippen molar-refractivity contribution >= 4 is 17.3 Å². The molecule has 8 nitrogen and oxygen atoms in total. The normalized spacial score (nSPS) is 10.9. The van der Waals surface area contributed by atoms with Crippen LogP contribution in [-0.4, -0.2) is 37.6 Å². The molecule has 0 atom stereocenters. The number of nitrogens with one attached hydrogen (secondary N) is 2. The molecule has 0 saturated carbocycles. The highest BCUT2D eigenvalue weighted by Gasteiger charge is 2.07. The second-order valence-electron chi connectivity index (χ2n) is 4.57. The summed E-state index contributed by atoms with van der Waals surface area (Å²) < 4.78 is 6.91. The van der Waals surface area contributed by atoms with Crippen molar-refractivity contribution in [1.29, 1.82) is 0 Å². The fraction of sp³-hybridized carbons (Fsp3) is 0.385. The number of rotatable bonds is 7. The van der Waals surface area contributed by atoms with E-state index in [0.717, 1.165) is 30.2 Å². The Morgan fingerprint density at radius 2 is 2.19 bits per heavy atom. The quantitative estimate of drug-likeness (QED) is 0.681. The maximum Gasteiger partial charge on any atom is 0.228 e. The second-order valence-corrected chi connectivity index (χ2v) is 4.57. The number of nitrogens with zero attached hydrogens (tertiary/aromatic N) is 5. The number of fused-ring (bicyclic) bond motifs is 1. The van der Waals surface area contributed by atoms with Gasteiger partial charge in [-0.15, -0.1) is 0 Å². The van der Waals surface area contributed by atoms with E-state index in [1.54, 1.807) is 6.20 Å². The minimum atomic E-state index is 0.599. The molecule has 3 aromatic rings. The van der Waals surface area contributed by atoms with Crippen molar-refractivity contribution in [1.82, 2.24) is 24.5 Å². The van der Waals surface area contributed by atoms with Gasteiger partial charge in [-0.1, -0.05) is 12.1 Å². The van der Waals surface area contributed by atoms with Crippen LogP contribution in [0.4, 0.5) is 11.6 Å². The lowest BCUT2D eigenvalue weighted by Crippen LogP contribution is -2.10. The molecular weight excluding hydrogens is 270 g/mol. The highest BCUT2D eigenvalue weighted by molar-refractivity contribution is 5.65. The maximum atomic E-state index is 4.97. The molecule has 0 radical (unpaired) electrons. The van der Waals surface area contributed by atoms with Crippen molar-refractivity contribution in [3.05, 3.63) is 30.8 Å². The van der Waals surface area contributed by atoms with E-state index in [2.05, 4.69) is 37.7 Å². The fourth-order valence-corrected chi connectivity index (χ4v) is 1.98. The van der Waals surface area contributed by atoms with Gasteiger partial charge in [-0.25, -0.2) is 9.97 Å². The van der Waals surface area contributed by atoms with E-state index in [1.165, 1.54) is 6.33 Å². The number of aromatic nitrogens is 5. The number of hydrogen-bond donors (Lipinski definition) is 2. The van der Waals surface area contributed by atoms with E-state index >= 15 is 0 Å². The summed E-state index contributed by atoms with van der Waals surface area (Å²) in [6.45, 7) is 3.65. The van der Waals surface area contributed by atoms with Crippen LogP contribution < -0.4 is 10.6 Å². The van der Waals surface area contributed by atoms with Crippen molar-refractivity contribution in [2.75, 3.05) is 23.7 Å². The van der Waals surface area contributed by atoms with Crippen molar-refractivity contribution in [2.45, 2.75) is 19.8 Å². The lowest BCUT2D eigenvalue weighted by Gasteiger charge is -2.10. The first-order valence-corrected chi connectivity index (χ1v) is 6.94. The first kappa shape index (κ1) is 13.3. The lowest BCUT2D eigenvalue weighted by atomic mass is 10.4. The van der Waals surface area contributed by atoms with Gasteiger partial charge >= 0.3 is 0 Å². The number of hydrogen-bond acceptors (Lipinski definition) is 7. The fourth-order valence-electron chi connectivity index (χ4n) is 1.98. The van der Waals surface area contributed by atoms with Crippen LogP contribution in [0.3, 0.4) is 0 Å². The maximum absolute atomic E-state index is 4.97. The molecular formula is C13H17N7O. The third kappa shape index (κ3) is 3.10. The summed E-state index contributed by atoms with van der Waals surface area (Å²) in [7, 11) is 0. The Balaban J connectivity index is 1.74. The Kier molecular flexibility index (Phi) is 3.95. The summed E-state index contributed by atoms with van der Waals surface area (Å²) in [5.74, 6) is 2.16. The van der Waals surface area contributed by atoms with Gasteiger partial charge in [0, 0.05) is 31.9 Å².